The molecule has 0 radical (unpaired) electrons. The minimum atomic E-state index is -0.313. The maximum atomic E-state index is 12.0. The molecule has 2 aromatic rings. The minimum absolute atomic E-state index is 0.313. The molecule has 0 N–H and O–H groups in total. The van der Waals surface area contributed by atoms with Crippen LogP contribution in [0.15, 0.2) is 48.5 Å². The fraction of sp³-hybridized carbons (Fsp3) is 0.235. The highest BCUT2D eigenvalue weighted by molar-refractivity contribution is 5.91. The SMILES string of the molecule is CCN1CCc2ccc(OC(=O)c3ccccc3)cc21. The number of ether oxygens (including phenoxy) is 1. The Balaban J connectivity index is 1.81. The highest BCUT2D eigenvalue weighted by Crippen LogP contribution is 2.31. The Morgan fingerprint density at radius 3 is 2.75 bits per heavy atom. The van der Waals surface area contributed by atoms with Crippen LogP contribution in [0.5, 0.6) is 5.75 Å². The second kappa shape index (κ2) is 5.37. The summed E-state index contributed by atoms with van der Waals surface area (Å²) in [6.07, 6.45) is 1.07. The topological polar surface area (TPSA) is 29.5 Å². The number of fused-ring (bicyclic) bond motifs is 1. The van der Waals surface area contributed by atoms with Gasteiger partial charge in [-0.1, -0.05) is 24.3 Å². The van der Waals surface area contributed by atoms with Gasteiger partial charge in [0, 0.05) is 24.8 Å². The van der Waals surface area contributed by atoms with Crippen molar-refractivity contribution in [2.24, 2.45) is 0 Å². The van der Waals surface area contributed by atoms with E-state index in [2.05, 4.69) is 17.9 Å². The lowest BCUT2D eigenvalue weighted by atomic mass is 10.1. The Bertz CT molecular complexity index is 622. The normalized spacial score (nSPS) is 13.2. The molecule has 0 aliphatic carbocycles. The molecule has 0 bridgehead atoms. The number of carbonyl (C=O) groups excluding carboxylic acids is 1. The van der Waals surface area contributed by atoms with Crippen LogP contribution in [0.25, 0.3) is 0 Å². The number of hydrogen-bond acceptors (Lipinski definition) is 3. The molecular formula is C17H17NO2. The Morgan fingerprint density at radius 2 is 2.00 bits per heavy atom. The molecule has 1 heterocycles. The third kappa shape index (κ3) is 2.39. The molecule has 0 fully saturated rings. The first-order valence-electron chi connectivity index (χ1n) is 6.93. The standard InChI is InChI=1S/C17H17NO2/c1-2-18-11-10-13-8-9-15(12-16(13)18)20-17(19)14-6-4-3-5-7-14/h3-9,12H,2,10-11H2,1H3. The number of esters is 1. The smallest absolute Gasteiger partial charge is 0.343 e. The summed E-state index contributed by atoms with van der Waals surface area (Å²) in [5.74, 6) is 0.296. The highest BCUT2D eigenvalue weighted by atomic mass is 16.5. The van der Waals surface area contributed by atoms with Crippen LogP contribution in [-0.2, 0) is 6.42 Å². The molecule has 1 aliphatic rings. The van der Waals surface area contributed by atoms with Gasteiger partial charge in [0.2, 0.25) is 0 Å². The van der Waals surface area contributed by atoms with Crippen molar-refractivity contribution in [1.29, 1.82) is 0 Å². The molecule has 0 saturated carbocycles. The van der Waals surface area contributed by atoms with E-state index in [1.165, 1.54) is 11.3 Å². The van der Waals surface area contributed by atoms with Crippen LogP contribution in [0.3, 0.4) is 0 Å². The number of rotatable bonds is 3. The Labute approximate surface area is 118 Å². The molecule has 0 unspecified atom stereocenters. The number of benzene rings is 2. The molecule has 2 aromatic carbocycles. The Morgan fingerprint density at radius 1 is 1.20 bits per heavy atom. The number of carbonyl (C=O) groups is 1. The van der Waals surface area contributed by atoms with E-state index in [1.807, 2.05) is 30.3 Å². The molecule has 3 heteroatoms. The average Bonchev–Trinajstić information content (AvgIpc) is 2.90. The fourth-order valence-corrected chi connectivity index (χ4v) is 2.56. The monoisotopic (exact) mass is 267 g/mol. The van der Waals surface area contributed by atoms with Crippen LogP contribution in [0.4, 0.5) is 5.69 Å². The summed E-state index contributed by atoms with van der Waals surface area (Å²) in [6.45, 7) is 4.16. The van der Waals surface area contributed by atoms with E-state index >= 15 is 0 Å². The predicted octanol–water partition coefficient (Wildman–Crippen LogP) is 3.29. The molecule has 1 aliphatic heterocycles. The third-order valence-corrected chi connectivity index (χ3v) is 3.65. The van der Waals surface area contributed by atoms with Crippen LogP contribution < -0.4 is 9.64 Å². The van der Waals surface area contributed by atoms with Crippen LogP contribution in [0.1, 0.15) is 22.8 Å². The third-order valence-electron chi connectivity index (χ3n) is 3.65. The number of anilines is 1. The highest BCUT2D eigenvalue weighted by Gasteiger charge is 2.19. The van der Waals surface area contributed by atoms with Crippen molar-refractivity contribution >= 4 is 11.7 Å². The maximum absolute atomic E-state index is 12.0. The van der Waals surface area contributed by atoms with Crippen molar-refractivity contribution in [1.82, 2.24) is 0 Å². The van der Waals surface area contributed by atoms with Gasteiger partial charge in [0.1, 0.15) is 5.75 Å². The van der Waals surface area contributed by atoms with Gasteiger partial charge in [-0.25, -0.2) is 4.79 Å². The number of likely N-dealkylation sites (N-methyl/N-ethyl adjacent to an activating group) is 1. The average molecular weight is 267 g/mol. The first-order chi connectivity index (χ1) is 9.78. The quantitative estimate of drug-likeness (QED) is 0.631. The van der Waals surface area contributed by atoms with Gasteiger partial charge in [-0.05, 0) is 37.1 Å². The molecule has 3 rings (SSSR count). The van der Waals surface area contributed by atoms with Crippen molar-refractivity contribution in [2.45, 2.75) is 13.3 Å². The van der Waals surface area contributed by atoms with E-state index in [1.54, 1.807) is 12.1 Å². The zero-order valence-corrected chi connectivity index (χ0v) is 11.5. The zero-order valence-electron chi connectivity index (χ0n) is 11.5. The lowest BCUT2D eigenvalue weighted by Gasteiger charge is -2.17. The Kier molecular flexibility index (Phi) is 3.42. The summed E-state index contributed by atoms with van der Waals surface area (Å²) in [7, 11) is 0. The van der Waals surface area contributed by atoms with Crippen molar-refractivity contribution < 1.29 is 9.53 Å². The van der Waals surface area contributed by atoms with Crippen LogP contribution >= 0.6 is 0 Å². The summed E-state index contributed by atoms with van der Waals surface area (Å²) >= 11 is 0. The molecule has 0 amide bonds. The van der Waals surface area contributed by atoms with Crippen molar-refractivity contribution in [2.75, 3.05) is 18.0 Å². The molecule has 0 spiro atoms. The van der Waals surface area contributed by atoms with Gasteiger partial charge >= 0.3 is 5.97 Å². The van der Waals surface area contributed by atoms with E-state index in [0.29, 0.717) is 11.3 Å². The van der Waals surface area contributed by atoms with Gasteiger partial charge in [-0.2, -0.15) is 0 Å². The van der Waals surface area contributed by atoms with Gasteiger partial charge in [0.15, 0.2) is 0 Å². The van der Waals surface area contributed by atoms with Gasteiger partial charge in [0.05, 0.1) is 5.56 Å². The van der Waals surface area contributed by atoms with Gasteiger partial charge in [0.25, 0.3) is 0 Å². The minimum Gasteiger partial charge on any atom is -0.423 e. The lowest BCUT2D eigenvalue weighted by molar-refractivity contribution is 0.0735. The van der Waals surface area contributed by atoms with Crippen molar-refractivity contribution in [3.8, 4) is 5.75 Å². The second-order valence-corrected chi connectivity index (χ2v) is 4.88. The number of hydrogen-bond donors (Lipinski definition) is 0. The largest absolute Gasteiger partial charge is 0.423 e. The summed E-state index contributed by atoms with van der Waals surface area (Å²) in [5.41, 5.74) is 3.08. The summed E-state index contributed by atoms with van der Waals surface area (Å²) in [6, 6.07) is 15.0. The lowest BCUT2D eigenvalue weighted by Crippen LogP contribution is -2.19. The molecule has 3 nitrogen and oxygen atoms in total. The Hall–Kier alpha value is -2.29. The summed E-state index contributed by atoms with van der Waals surface area (Å²) in [4.78, 5) is 14.3. The first-order valence-corrected chi connectivity index (χ1v) is 6.93. The molecular weight excluding hydrogens is 250 g/mol. The fourth-order valence-electron chi connectivity index (χ4n) is 2.56. The molecule has 20 heavy (non-hydrogen) atoms. The zero-order chi connectivity index (χ0) is 13.9. The van der Waals surface area contributed by atoms with Gasteiger partial charge in [-0.3, -0.25) is 0 Å². The second-order valence-electron chi connectivity index (χ2n) is 4.88. The predicted molar refractivity (Wildman–Crippen MR) is 79.4 cm³/mol. The van der Waals surface area contributed by atoms with Crippen LogP contribution in [-0.4, -0.2) is 19.1 Å². The van der Waals surface area contributed by atoms with Gasteiger partial charge < -0.3 is 9.64 Å². The van der Waals surface area contributed by atoms with E-state index in [4.69, 9.17) is 4.74 Å². The van der Waals surface area contributed by atoms with E-state index in [0.717, 1.165) is 19.5 Å². The summed E-state index contributed by atoms with van der Waals surface area (Å²) in [5, 5.41) is 0. The molecule has 0 aromatic heterocycles. The molecule has 0 atom stereocenters. The van der Waals surface area contributed by atoms with E-state index in [9.17, 15) is 4.79 Å². The van der Waals surface area contributed by atoms with E-state index in [-0.39, 0.29) is 5.97 Å². The molecule has 102 valence electrons. The van der Waals surface area contributed by atoms with Crippen LogP contribution in [0.2, 0.25) is 0 Å². The maximum Gasteiger partial charge on any atom is 0.343 e. The van der Waals surface area contributed by atoms with Gasteiger partial charge in [-0.15, -0.1) is 0 Å². The van der Waals surface area contributed by atoms with Crippen molar-refractivity contribution in [3.63, 3.8) is 0 Å². The first kappa shape index (κ1) is 12.7. The molecule has 0 saturated heterocycles. The van der Waals surface area contributed by atoms with Crippen molar-refractivity contribution in [3.05, 3.63) is 59.7 Å². The summed E-state index contributed by atoms with van der Waals surface area (Å²) < 4.78 is 5.45. The number of nitrogens with zero attached hydrogens (tertiary/aromatic N) is 1. The van der Waals surface area contributed by atoms with Crippen LogP contribution in [0, 0.1) is 0 Å². The van der Waals surface area contributed by atoms with E-state index < -0.39 is 0 Å².